The zero-order valence-electron chi connectivity index (χ0n) is 18.9. The van der Waals surface area contributed by atoms with E-state index in [4.69, 9.17) is 23.2 Å². The second-order valence-electron chi connectivity index (χ2n) is 8.19. The van der Waals surface area contributed by atoms with E-state index < -0.39 is 0 Å². The van der Waals surface area contributed by atoms with E-state index in [1.807, 2.05) is 24.3 Å². The lowest BCUT2D eigenvalue weighted by Gasteiger charge is -2.42. The highest BCUT2D eigenvalue weighted by Gasteiger charge is 2.24. The highest BCUT2D eigenvalue weighted by atomic mass is 35.5. The Morgan fingerprint density at radius 3 is 2.50 bits per heavy atom. The fraction of sp³-hybridized carbons (Fsp3) is 0.346. The molecule has 1 aliphatic heterocycles. The molecule has 1 atom stereocenters. The number of hydrogen-bond donors (Lipinski definition) is 1. The largest absolute Gasteiger partial charge is 0.367 e. The zero-order valence-corrected chi connectivity index (χ0v) is 20.5. The van der Waals surface area contributed by atoms with Crippen LogP contribution in [-0.4, -0.2) is 41.4 Å². The molecule has 32 heavy (non-hydrogen) atoms. The monoisotopic (exact) mass is 471 g/mol. The molecule has 0 aromatic heterocycles. The summed E-state index contributed by atoms with van der Waals surface area (Å²) in [5.74, 6) is -0.114. The van der Waals surface area contributed by atoms with Gasteiger partial charge in [0.15, 0.2) is 0 Å². The highest BCUT2D eigenvalue weighted by Crippen LogP contribution is 2.25. The van der Waals surface area contributed by atoms with Crippen LogP contribution >= 0.6 is 23.2 Å². The number of anilines is 1. The van der Waals surface area contributed by atoms with E-state index in [9.17, 15) is 4.79 Å². The minimum Gasteiger partial charge on any atom is -0.367 e. The molecule has 1 heterocycles. The van der Waals surface area contributed by atoms with E-state index in [2.05, 4.69) is 59.3 Å². The van der Waals surface area contributed by atoms with Gasteiger partial charge in [-0.1, -0.05) is 60.5 Å². The number of nitrogens with one attached hydrogen (secondary N) is 1. The number of halogens is 2. The maximum absolute atomic E-state index is 11.6. The lowest BCUT2D eigenvalue weighted by Crippen LogP contribution is -2.50. The Labute approximate surface area is 201 Å². The van der Waals surface area contributed by atoms with Crippen molar-refractivity contribution in [1.82, 2.24) is 9.80 Å². The molecule has 0 bridgehead atoms. The molecule has 1 fully saturated rings. The lowest BCUT2D eigenvalue weighted by atomic mass is 10.1. The second kappa shape index (κ2) is 11.6. The van der Waals surface area contributed by atoms with Crippen LogP contribution in [0.4, 0.5) is 5.69 Å². The van der Waals surface area contributed by atoms with E-state index in [0.717, 1.165) is 48.9 Å². The standard InChI is InChI=1S/C26H31Cl2N3O/c1-4-5-25(13-9-22-8-12-24(28)16-26(22)29-20(3)32)31-15-14-30(17-19(31)2)18-21-6-10-23(27)11-7-21/h5-13,16,19H,4,14-15,17-18H2,1-3H3,(H,29,32)/b13-9+,25-5+. The first kappa shape index (κ1) is 24.4. The molecule has 1 N–H and O–H groups in total. The first-order chi connectivity index (χ1) is 15.4. The van der Waals surface area contributed by atoms with Crippen molar-refractivity contribution >= 4 is 40.9 Å². The number of rotatable bonds is 7. The van der Waals surface area contributed by atoms with Gasteiger partial charge in [0.25, 0.3) is 0 Å². The first-order valence-corrected chi connectivity index (χ1v) is 11.8. The summed E-state index contributed by atoms with van der Waals surface area (Å²) in [5.41, 5.74) is 4.14. The van der Waals surface area contributed by atoms with Crippen LogP contribution in [0.25, 0.3) is 6.08 Å². The van der Waals surface area contributed by atoms with Crippen LogP contribution in [0.2, 0.25) is 10.0 Å². The Morgan fingerprint density at radius 1 is 1.12 bits per heavy atom. The normalized spacial score (nSPS) is 17.7. The van der Waals surface area contributed by atoms with Crippen molar-refractivity contribution in [3.8, 4) is 0 Å². The summed E-state index contributed by atoms with van der Waals surface area (Å²) < 4.78 is 0. The van der Waals surface area contributed by atoms with Gasteiger partial charge in [-0.2, -0.15) is 0 Å². The van der Waals surface area contributed by atoms with Crippen LogP contribution in [-0.2, 0) is 11.3 Å². The van der Waals surface area contributed by atoms with Crippen LogP contribution in [0.5, 0.6) is 0 Å². The summed E-state index contributed by atoms with van der Waals surface area (Å²) in [5, 5.41) is 4.24. The Kier molecular flexibility index (Phi) is 8.80. The van der Waals surface area contributed by atoms with Gasteiger partial charge in [-0.15, -0.1) is 0 Å². The molecule has 3 rings (SSSR count). The van der Waals surface area contributed by atoms with Crippen molar-refractivity contribution in [3.05, 3.63) is 81.5 Å². The lowest BCUT2D eigenvalue weighted by molar-refractivity contribution is -0.114. The second-order valence-corrected chi connectivity index (χ2v) is 9.06. The molecule has 0 saturated carbocycles. The topological polar surface area (TPSA) is 35.6 Å². The van der Waals surface area contributed by atoms with Gasteiger partial charge in [0.2, 0.25) is 5.91 Å². The summed E-state index contributed by atoms with van der Waals surface area (Å²) in [4.78, 5) is 16.5. The molecule has 0 aliphatic carbocycles. The maximum Gasteiger partial charge on any atom is 0.221 e. The van der Waals surface area contributed by atoms with Crippen LogP contribution < -0.4 is 5.32 Å². The van der Waals surface area contributed by atoms with Gasteiger partial charge in [0.05, 0.1) is 0 Å². The molecule has 1 saturated heterocycles. The predicted octanol–water partition coefficient (Wildman–Crippen LogP) is 6.47. The molecule has 0 spiro atoms. The number of allylic oxidation sites excluding steroid dienone is 2. The molecule has 1 unspecified atom stereocenters. The molecular weight excluding hydrogens is 441 g/mol. The molecule has 2 aromatic rings. The van der Waals surface area contributed by atoms with E-state index in [1.54, 1.807) is 6.07 Å². The minimum absolute atomic E-state index is 0.114. The third kappa shape index (κ3) is 6.86. The summed E-state index contributed by atoms with van der Waals surface area (Å²) in [6, 6.07) is 14.1. The van der Waals surface area contributed by atoms with E-state index in [-0.39, 0.29) is 5.91 Å². The third-order valence-corrected chi connectivity index (χ3v) is 6.02. The molecule has 4 nitrogen and oxygen atoms in total. The molecule has 0 radical (unpaired) electrons. The minimum atomic E-state index is -0.114. The summed E-state index contributed by atoms with van der Waals surface area (Å²) in [7, 11) is 0. The number of piperazine rings is 1. The Bertz CT molecular complexity index is 985. The van der Waals surface area contributed by atoms with Crippen LogP contribution in [0, 0.1) is 0 Å². The zero-order chi connectivity index (χ0) is 23.1. The van der Waals surface area contributed by atoms with Gasteiger partial charge < -0.3 is 10.2 Å². The van der Waals surface area contributed by atoms with Crippen molar-refractivity contribution in [3.63, 3.8) is 0 Å². The molecule has 1 aliphatic rings. The quantitative estimate of drug-likeness (QED) is 0.470. The van der Waals surface area contributed by atoms with Gasteiger partial charge in [-0.25, -0.2) is 0 Å². The van der Waals surface area contributed by atoms with Crippen LogP contribution in [0.3, 0.4) is 0 Å². The van der Waals surface area contributed by atoms with Crippen LogP contribution in [0.1, 0.15) is 38.3 Å². The third-order valence-electron chi connectivity index (χ3n) is 5.54. The summed E-state index contributed by atoms with van der Waals surface area (Å²) in [6.45, 7) is 9.82. The predicted molar refractivity (Wildman–Crippen MR) is 136 cm³/mol. The molecule has 6 heteroatoms. The first-order valence-electron chi connectivity index (χ1n) is 11.0. The number of amides is 1. The molecular formula is C26H31Cl2N3O. The molecule has 1 amide bonds. The van der Waals surface area contributed by atoms with E-state index in [1.165, 1.54) is 18.2 Å². The van der Waals surface area contributed by atoms with E-state index in [0.29, 0.717) is 11.1 Å². The van der Waals surface area contributed by atoms with Crippen molar-refractivity contribution in [2.45, 2.75) is 39.8 Å². The van der Waals surface area contributed by atoms with Gasteiger partial charge in [-0.3, -0.25) is 9.69 Å². The van der Waals surface area contributed by atoms with Crippen molar-refractivity contribution in [2.24, 2.45) is 0 Å². The number of carbonyl (C=O) groups excluding carboxylic acids is 1. The fourth-order valence-corrected chi connectivity index (χ4v) is 4.34. The van der Waals surface area contributed by atoms with Gasteiger partial charge >= 0.3 is 0 Å². The van der Waals surface area contributed by atoms with Crippen molar-refractivity contribution in [1.29, 1.82) is 0 Å². The fourth-order valence-electron chi connectivity index (χ4n) is 4.05. The van der Waals surface area contributed by atoms with Crippen LogP contribution in [0.15, 0.2) is 60.3 Å². The smallest absolute Gasteiger partial charge is 0.221 e. The van der Waals surface area contributed by atoms with Crippen molar-refractivity contribution in [2.75, 3.05) is 25.0 Å². The average Bonchev–Trinajstić information content (AvgIpc) is 2.74. The summed E-state index contributed by atoms with van der Waals surface area (Å²) in [6.07, 6.45) is 7.41. The summed E-state index contributed by atoms with van der Waals surface area (Å²) >= 11 is 12.1. The Hall–Kier alpha value is -2.27. The maximum atomic E-state index is 11.6. The van der Waals surface area contributed by atoms with Crippen molar-refractivity contribution < 1.29 is 4.79 Å². The number of carbonyl (C=O) groups is 1. The molecule has 2 aromatic carbocycles. The van der Waals surface area contributed by atoms with Gasteiger partial charge in [-0.05, 0) is 54.8 Å². The number of hydrogen-bond acceptors (Lipinski definition) is 3. The average molecular weight is 472 g/mol. The Morgan fingerprint density at radius 2 is 1.84 bits per heavy atom. The number of benzene rings is 2. The SMILES string of the molecule is CC/C=C(\C=C\c1ccc(Cl)cc1NC(C)=O)N1CCN(Cc2ccc(Cl)cc2)CC1C. The van der Waals surface area contributed by atoms with E-state index >= 15 is 0 Å². The molecule has 170 valence electrons. The Balaban J connectivity index is 1.71. The highest BCUT2D eigenvalue weighted by molar-refractivity contribution is 6.31. The number of nitrogens with zero attached hydrogens (tertiary/aromatic N) is 2. The van der Waals surface area contributed by atoms with Gasteiger partial charge in [0, 0.05) is 60.6 Å². The van der Waals surface area contributed by atoms with Gasteiger partial charge in [0.1, 0.15) is 0 Å².